The van der Waals surface area contributed by atoms with E-state index in [1.165, 1.54) is 0 Å². The van der Waals surface area contributed by atoms with Gasteiger partial charge in [0.15, 0.2) is 5.58 Å². The molecule has 1 heterocycles. The maximum Gasteiger partial charge on any atom is 0.239 e. The molecule has 0 unspecified atom stereocenters. The number of hydrogen-bond donors (Lipinski definition) is 1. The quantitative estimate of drug-likeness (QED) is 0.734. The second-order valence-corrected chi connectivity index (χ2v) is 5.48. The van der Waals surface area contributed by atoms with E-state index < -0.39 is 0 Å². The summed E-state index contributed by atoms with van der Waals surface area (Å²) in [5.74, 6) is 0.208. The van der Waals surface area contributed by atoms with Crippen LogP contribution in [-0.2, 0) is 4.79 Å². The number of anilines is 1. The van der Waals surface area contributed by atoms with E-state index in [0.29, 0.717) is 11.6 Å². The van der Waals surface area contributed by atoms with Crippen molar-refractivity contribution in [3.8, 4) is 11.5 Å². The highest BCUT2D eigenvalue weighted by Gasteiger charge is 2.11. The Morgan fingerprint density at radius 3 is 2.86 bits per heavy atom. The Morgan fingerprint density at radius 2 is 2.09 bits per heavy atom. The molecule has 112 valence electrons. The van der Waals surface area contributed by atoms with Crippen molar-refractivity contribution in [2.24, 2.45) is 0 Å². The van der Waals surface area contributed by atoms with Gasteiger partial charge in [0.05, 0.1) is 0 Å². The summed E-state index contributed by atoms with van der Waals surface area (Å²) in [7, 11) is 0. The first-order valence-electron chi connectivity index (χ1n) is 6.91. The van der Waals surface area contributed by atoms with Gasteiger partial charge >= 0.3 is 0 Å². The molecule has 0 fully saturated rings. The van der Waals surface area contributed by atoms with E-state index in [2.05, 4.69) is 16.4 Å². The predicted molar refractivity (Wildman–Crippen MR) is 88.3 cm³/mol. The number of fused-ring (bicyclic) bond motifs is 1. The van der Waals surface area contributed by atoms with Crippen molar-refractivity contribution in [2.45, 2.75) is 13.8 Å². The fourth-order valence-corrected chi connectivity index (χ4v) is 2.49. The number of benzene rings is 2. The van der Waals surface area contributed by atoms with Crippen molar-refractivity contribution in [1.29, 1.82) is 0 Å². The molecule has 0 saturated carbocycles. The maximum atomic E-state index is 11.4. The number of nitrogens with zero attached hydrogens (tertiary/aromatic N) is 1. The lowest BCUT2D eigenvalue weighted by Gasteiger charge is -2.03. The zero-order chi connectivity index (χ0) is 15.7. The van der Waals surface area contributed by atoms with Gasteiger partial charge in [-0.25, -0.2) is 4.98 Å². The first-order chi connectivity index (χ1) is 10.6. The molecule has 0 atom stereocenters. The zero-order valence-corrected chi connectivity index (χ0v) is 13.1. The van der Waals surface area contributed by atoms with Gasteiger partial charge in [-0.1, -0.05) is 12.1 Å². The number of rotatable bonds is 3. The maximum absolute atomic E-state index is 11.4. The molecule has 0 aliphatic heterocycles. The Hall–Kier alpha value is -2.33. The van der Waals surface area contributed by atoms with E-state index >= 15 is 0 Å². The average Bonchev–Trinajstić information content (AvgIpc) is 2.91. The van der Waals surface area contributed by atoms with Crippen LogP contribution in [0.1, 0.15) is 11.1 Å². The number of amides is 1. The highest BCUT2D eigenvalue weighted by Crippen LogP contribution is 2.28. The van der Waals surface area contributed by atoms with Gasteiger partial charge in [0, 0.05) is 11.3 Å². The second-order valence-electron chi connectivity index (χ2n) is 5.21. The second kappa shape index (κ2) is 5.81. The van der Waals surface area contributed by atoms with Crippen molar-refractivity contribution in [1.82, 2.24) is 4.98 Å². The number of hydrogen-bond acceptors (Lipinski definition) is 3. The standard InChI is InChI=1S/C17H15ClN2O2/c1-10-6-11(2)16-14(7-10)20-17(22-16)12-4-3-5-13(8-12)19-15(21)9-18/h3-8H,9H2,1-2H3,(H,19,21). The van der Waals surface area contributed by atoms with Crippen molar-refractivity contribution in [3.05, 3.63) is 47.5 Å². The molecular formula is C17H15ClN2O2. The Labute approximate surface area is 133 Å². The highest BCUT2D eigenvalue weighted by molar-refractivity contribution is 6.29. The van der Waals surface area contributed by atoms with Crippen LogP contribution in [0.15, 0.2) is 40.8 Å². The third-order valence-electron chi connectivity index (χ3n) is 3.33. The molecule has 2 aromatic carbocycles. The summed E-state index contributed by atoms with van der Waals surface area (Å²) < 4.78 is 5.88. The number of alkyl halides is 1. The Bertz CT molecular complexity index is 855. The van der Waals surface area contributed by atoms with E-state index in [9.17, 15) is 4.79 Å². The Morgan fingerprint density at radius 1 is 1.27 bits per heavy atom. The van der Waals surface area contributed by atoms with Crippen LogP contribution in [0.3, 0.4) is 0 Å². The summed E-state index contributed by atoms with van der Waals surface area (Å²) in [4.78, 5) is 15.9. The Balaban J connectivity index is 2.02. The fraction of sp³-hybridized carbons (Fsp3) is 0.176. The number of carbonyl (C=O) groups is 1. The molecule has 0 bridgehead atoms. The van der Waals surface area contributed by atoms with Crippen molar-refractivity contribution in [3.63, 3.8) is 0 Å². The minimum atomic E-state index is -0.247. The third kappa shape index (κ3) is 2.83. The number of aryl methyl sites for hydroxylation is 2. The van der Waals surface area contributed by atoms with Crippen LogP contribution in [0.2, 0.25) is 0 Å². The monoisotopic (exact) mass is 314 g/mol. The Kier molecular flexibility index (Phi) is 3.86. The van der Waals surface area contributed by atoms with Crippen LogP contribution in [0.4, 0.5) is 5.69 Å². The normalized spacial score (nSPS) is 10.9. The summed E-state index contributed by atoms with van der Waals surface area (Å²) in [6.45, 7) is 4.03. The summed E-state index contributed by atoms with van der Waals surface area (Å²) in [6, 6.07) is 11.4. The topological polar surface area (TPSA) is 55.1 Å². The number of oxazole rings is 1. The van der Waals surface area contributed by atoms with Crippen molar-refractivity contribution < 1.29 is 9.21 Å². The lowest BCUT2D eigenvalue weighted by Crippen LogP contribution is -2.12. The van der Waals surface area contributed by atoms with E-state index in [1.807, 2.05) is 38.1 Å². The average molecular weight is 315 g/mol. The van der Waals surface area contributed by atoms with Crippen LogP contribution >= 0.6 is 11.6 Å². The van der Waals surface area contributed by atoms with E-state index in [4.69, 9.17) is 16.0 Å². The fourth-order valence-electron chi connectivity index (χ4n) is 2.42. The first kappa shape index (κ1) is 14.6. The van der Waals surface area contributed by atoms with E-state index in [0.717, 1.165) is 27.8 Å². The van der Waals surface area contributed by atoms with Gasteiger partial charge in [-0.05, 0) is 49.2 Å². The van der Waals surface area contributed by atoms with Crippen molar-refractivity contribution >= 4 is 34.3 Å². The molecule has 0 spiro atoms. The molecule has 1 N–H and O–H groups in total. The van der Waals surface area contributed by atoms with E-state index in [1.54, 1.807) is 6.07 Å². The first-order valence-corrected chi connectivity index (χ1v) is 7.44. The number of nitrogens with one attached hydrogen (secondary N) is 1. The molecule has 5 heteroatoms. The molecule has 0 radical (unpaired) electrons. The minimum Gasteiger partial charge on any atom is -0.436 e. The molecular weight excluding hydrogens is 300 g/mol. The van der Waals surface area contributed by atoms with Crippen molar-refractivity contribution in [2.75, 3.05) is 11.2 Å². The molecule has 4 nitrogen and oxygen atoms in total. The summed E-state index contributed by atoms with van der Waals surface area (Å²) >= 11 is 5.50. The molecule has 1 amide bonds. The van der Waals surface area contributed by atoms with Gasteiger partial charge in [0.25, 0.3) is 0 Å². The third-order valence-corrected chi connectivity index (χ3v) is 3.58. The van der Waals surface area contributed by atoms with Gasteiger partial charge < -0.3 is 9.73 Å². The lowest BCUT2D eigenvalue weighted by atomic mass is 10.1. The molecule has 0 aliphatic carbocycles. The highest BCUT2D eigenvalue weighted by atomic mass is 35.5. The van der Waals surface area contributed by atoms with Gasteiger partial charge in [0.1, 0.15) is 11.4 Å². The van der Waals surface area contributed by atoms with Crippen LogP contribution in [0, 0.1) is 13.8 Å². The van der Waals surface area contributed by atoms with E-state index in [-0.39, 0.29) is 11.8 Å². The molecule has 22 heavy (non-hydrogen) atoms. The largest absolute Gasteiger partial charge is 0.436 e. The lowest BCUT2D eigenvalue weighted by molar-refractivity contribution is -0.113. The van der Waals surface area contributed by atoms with Crippen LogP contribution < -0.4 is 5.32 Å². The van der Waals surface area contributed by atoms with Gasteiger partial charge in [-0.2, -0.15) is 0 Å². The molecule has 0 saturated heterocycles. The molecule has 1 aromatic heterocycles. The molecule has 3 rings (SSSR count). The smallest absolute Gasteiger partial charge is 0.239 e. The number of carbonyl (C=O) groups excluding carboxylic acids is 1. The SMILES string of the molecule is Cc1cc(C)c2oc(-c3cccc(NC(=O)CCl)c3)nc2c1. The van der Waals surface area contributed by atoms with Gasteiger partial charge in [0.2, 0.25) is 11.8 Å². The van der Waals surface area contributed by atoms with Gasteiger partial charge in [-0.3, -0.25) is 4.79 Å². The minimum absolute atomic E-state index is 0.0778. The molecule has 0 aliphatic rings. The van der Waals surface area contributed by atoms with Crippen LogP contribution in [0.5, 0.6) is 0 Å². The summed E-state index contributed by atoms with van der Waals surface area (Å²) in [5.41, 5.74) is 5.30. The van der Waals surface area contributed by atoms with Gasteiger partial charge in [-0.15, -0.1) is 11.6 Å². The number of aromatic nitrogens is 1. The zero-order valence-electron chi connectivity index (χ0n) is 12.3. The summed E-state index contributed by atoms with van der Waals surface area (Å²) in [5, 5.41) is 2.72. The molecule has 3 aromatic rings. The van der Waals surface area contributed by atoms with Crippen LogP contribution in [0.25, 0.3) is 22.6 Å². The number of halogens is 1. The predicted octanol–water partition coefficient (Wildman–Crippen LogP) is 4.29. The summed E-state index contributed by atoms with van der Waals surface area (Å²) in [6.07, 6.45) is 0. The van der Waals surface area contributed by atoms with Crippen LogP contribution in [-0.4, -0.2) is 16.8 Å².